The predicted molar refractivity (Wildman–Crippen MR) is 71.5 cm³/mol. The molecule has 0 atom stereocenters. The third-order valence-corrected chi connectivity index (χ3v) is 2.67. The number of carbonyl (C=O) groups excluding carboxylic acids is 2. The summed E-state index contributed by atoms with van der Waals surface area (Å²) in [5.41, 5.74) is 1.29. The summed E-state index contributed by atoms with van der Waals surface area (Å²) in [7, 11) is 0. The molecule has 0 saturated heterocycles. The SMILES string of the molecule is CSCCNC(=O)c1ccc(NC(C)=O)cc1. The first-order valence-electron chi connectivity index (χ1n) is 5.28. The molecule has 17 heavy (non-hydrogen) atoms. The summed E-state index contributed by atoms with van der Waals surface area (Å²) in [4.78, 5) is 22.5. The van der Waals surface area contributed by atoms with E-state index in [2.05, 4.69) is 10.6 Å². The predicted octanol–water partition coefficient (Wildman–Crippen LogP) is 1.74. The number of amides is 2. The van der Waals surface area contributed by atoms with Crippen LogP contribution in [0.5, 0.6) is 0 Å². The van der Waals surface area contributed by atoms with E-state index in [9.17, 15) is 9.59 Å². The van der Waals surface area contributed by atoms with Crippen LogP contribution in [0.15, 0.2) is 24.3 Å². The number of anilines is 1. The molecule has 2 amide bonds. The minimum Gasteiger partial charge on any atom is -0.351 e. The molecule has 0 bridgehead atoms. The minimum absolute atomic E-state index is 0.0894. The van der Waals surface area contributed by atoms with Crippen molar-refractivity contribution < 1.29 is 9.59 Å². The van der Waals surface area contributed by atoms with Gasteiger partial charge in [-0.15, -0.1) is 0 Å². The van der Waals surface area contributed by atoms with Crippen molar-refractivity contribution in [2.75, 3.05) is 23.9 Å². The molecule has 0 aliphatic carbocycles. The topological polar surface area (TPSA) is 58.2 Å². The third-order valence-electron chi connectivity index (χ3n) is 2.06. The molecule has 0 fully saturated rings. The van der Waals surface area contributed by atoms with Crippen molar-refractivity contribution in [3.63, 3.8) is 0 Å². The molecule has 5 heteroatoms. The molecular formula is C12H16N2O2S. The standard InChI is InChI=1S/C12H16N2O2S/c1-9(15)14-11-5-3-10(4-6-11)12(16)13-7-8-17-2/h3-6H,7-8H2,1-2H3,(H,13,16)(H,14,15). The second kappa shape index (κ2) is 6.96. The summed E-state index contributed by atoms with van der Waals surface area (Å²) >= 11 is 1.69. The molecule has 1 aromatic carbocycles. The molecule has 0 aliphatic heterocycles. The highest BCUT2D eigenvalue weighted by Crippen LogP contribution is 2.09. The Bertz CT molecular complexity index is 390. The molecule has 0 aliphatic rings. The van der Waals surface area contributed by atoms with Crippen molar-refractivity contribution in [1.82, 2.24) is 5.32 Å². The Labute approximate surface area is 105 Å². The number of hydrogen-bond donors (Lipinski definition) is 2. The Balaban J connectivity index is 2.54. The molecule has 2 N–H and O–H groups in total. The van der Waals surface area contributed by atoms with Crippen LogP contribution in [0.3, 0.4) is 0 Å². The number of thioether (sulfide) groups is 1. The lowest BCUT2D eigenvalue weighted by Gasteiger charge is -2.05. The fourth-order valence-corrected chi connectivity index (χ4v) is 1.58. The zero-order valence-electron chi connectivity index (χ0n) is 9.95. The smallest absolute Gasteiger partial charge is 0.251 e. The maximum atomic E-state index is 11.6. The van der Waals surface area contributed by atoms with Crippen molar-refractivity contribution >= 4 is 29.3 Å². The minimum atomic E-state index is -0.123. The van der Waals surface area contributed by atoms with Gasteiger partial charge >= 0.3 is 0 Å². The molecule has 0 heterocycles. The van der Waals surface area contributed by atoms with Crippen molar-refractivity contribution in [3.05, 3.63) is 29.8 Å². The second-order valence-corrected chi connectivity index (χ2v) is 4.49. The van der Waals surface area contributed by atoms with E-state index in [4.69, 9.17) is 0 Å². The molecule has 0 radical (unpaired) electrons. The molecular weight excluding hydrogens is 236 g/mol. The zero-order valence-corrected chi connectivity index (χ0v) is 10.8. The van der Waals surface area contributed by atoms with Gasteiger partial charge in [-0.2, -0.15) is 11.8 Å². The maximum absolute atomic E-state index is 11.6. The van der Waals surface area contributed by atoms with E-state index < -0.39 is 0 Å². The number of carbonyl (C=O) groups is 2. The van der Waals surface area contributed by atoms with Crippen molar-refractivity contribution in [2.24, 2.45) is 0 Å². The Morgan fingerprint density at radius 2 is 1.88 bits per heavy atom. The Hall–Kier alpha value is -1.49. The first kappa shape index (κ1) is 13.6. The van der Waals surface area contributed by atoms with E-state index in [1.807, 2.05) is 6.26 Å². The van der Waals surface area contributed by atoms with Crippen LogP contribution < -0.4 is 10.6 Å². The van der Waals surface area contributed by atoms with Gasteiger partial charge in [0, 0.05) is 30.5 Å². The molecule has 0 saturated carbocycles. The normalized spacial score (nSPS) is 9.76. The van der Waals surface area contributed by atoms with Crippen LogP contribution >= 0.6 is 11.8 Å². The average Bonchev–Trinajstić information content (AvgIpc) is 2.29. The van der Waals surface area contributed by atoms with Gasteiger partial charge in [0.05, 0.1) is 0 Å². The van der Waals surface area contributed by atoms with E-state index in [1.54, 1.807) is 36.0 Å². The van der Waals surface area contributed by atoms with Crippen LogP contribution in [0.2, 0.25) is 0 Å². The van der Waals surface area contributed by atoms with Crippen molar-refractivity contribution in [2.45, 2.75) is 6.92 Å². The van der Waals surface area contributed by atoms with E-state index in [-0.39, 0.29) is 11.8 Å². The highest BCUT2D eigenvalue weighted by Gasteiger charge is 2.04. The summed E-state index contributed by atoms with van der Waals surface area (Å²) in [6.45, 7) is 2.11. The van der Waals surface area contributed by atoms with Crippen LogP contribution in [0.25, 0.3) is 0 Å². The lowest BCUT2D eigenvalue weighted by molar-refractivity contribution is -0.114. The van der Waals surface area contributed by atoms with Gasteiger partial charge in [-0.1, -0.05) is 0 Å². The van der Waals surface area contributed by atoms with Gasteiger partial charge < -0.3 is 10.6 Å². The van der Waals surface area contributed by atoms with Crippen LogP contribution in [-0.2, 0) is 4.79 Å². The lowest BCUT2D eigenvalue weighted by Crippen LogP contribution is -2.25. The first-order chi connectivity index (χ1) is 8.13. The van der Waals surface area contributed by atoms with E-state index in [0.717, 1.165) is 5.75 Å². The number of benzene rings is 1. The van der Waals surface area contributed by atoms with Crippen molar-refractivity contribution in [1.29, 1.82) is 0 Å². The molecule has 92 valence electrons. The molecule has 1 aromatic rings. The average molecular weight is 252 g/mol. The van der Waals surface area contributed by atoms with Crippen molar-refractivity contribution in [3.8, 4) is 0 Å². The van der Waals surface area contributed by atoms with Gasteiger partial charge in [0.25, 0.3) is 5.91 Å². The molecule has 4 nitrogen and oxygen atoms in total. The summed E-state index contributed by atoms with van der Waals surface area (Å²) in [5.74, 6) is 0.686. The van der Waals surface area contributed by atoms with Gasteiger partial charge in [-0.3, -0.25) is 9.59 Å². The number of rotatable bonds is 5. The van der Waals surface area contributed by atoms with Crippen LogP contribution in [0.1, 0.15) is 17.3 Å². The Kier molecular flexibility index (Phi) is 5.56. The highest BCUT2D eigenvalue weighted by molar-refractivity contribution is 7.98. The third kappa shape index (κ3) is 4.91. The van der Waals surface area contributed by atoms with Gasteiger partial charge in [-0.05, 0) is 30.5 Å². The number of hydrogen-bond acceptors (Lipinski definition) is 3. The monoisotopic (exact) mass is 252 g/mol. The summed E-state index contributed by atoms with van der Waals surface area (Å²) in [5, 5.41) is 5.46. The molecule has 1 rings (SSSR count). The lowest BCUT2D eigenvalue weighted by atomic mass is 10.2. The second-order valence-electron chi connectivity index (χ2n) is 3.51. The zero-order chi connectivity index (χ0) is 12.7. The van der Waals surface area contributed by atoms with Gasteiger partial charge in [0.1, 0.15) is 0 Å². The summed E-state index contributed by atoms with van der Waals surface area (Å²) < 4.78 is 0. The molecule has 0 aromatic heterocycles. The van der Waals surface area contributed by atoms with Gasteiger partial charge in [-0.25, -0.2) is 0 Å². The fourth-order valence-electron chi connectivity index (χ4n) is 1.28. The maximum Gasteiger partial charge on any atom is 0.251 e. The number of nitrogens with one attached hydrogen (secondary N) is 2. The summed E-state index contributed by atoms with van der Waals surface area (Å²) in [6.07, 6.45) is 1.99. The van der Waals surface area contributed by atoms with Crippen LogP contribution in [0.4, 0.5) is 5.69 Å². The largest absolute Gasteiger partial charge is 0.351 e. The first-order valence-corrected chi connectivity index (χ1v) is 6.67. The van der Waals surface area contributed by atoms with Gasteiger partial charge in [0.2, 0.25) is 5.91 Å². The molecule has 0 spiro atoms. The fraction of sp³-hybridized carbons (Fsp3) is 0.333. The molecule has 0 unspecified atom stereocenters. The van der Waals surface area contributed by atoms with E-state index >= 15 is 0 Å². The quantitative estimate of drug-likeness (QED) is 0.785. The van der Waals surface area contributed by atoms with E-state index in [1.165, 1.54) is 6.92 Å². The Morgan fingerprint density at radius 1 is 1.24 bits per heavy atom. The summed E-state index contributed by atoms with van der Waals surface area (Å²) in [6, 6.07) is 6.81. The van der Waals surface area contributed by atoms with Crippen LogP contribution in [0, 0.1) is 0 Å². The van der Waals surface area contributed by atoms with Gasteiger partial charge in [0.15, 0.2) is 0 Å². The van der Waals surface area contributed by atoms with Crippen LogP contribution in [-0.4, -0.2) is 30.4 Å². The Morgan fingerprint density at radius 3 is 2.41 bits per heavy atom. The van der Waals surface area contributed by atoms with E-state index in [0.29, 0.717) is 17.8 Å². The highest BCUT2D eigenvalue weighted by atomic mass is 32.2.